The predicted molar refractivity (Wildman–Crippen MR) is 68.5 cm³/mol. The number of carbonyl (C=O) groups excluding carboxylic acids is 1. The number of rotatable bonds is 8. The molecule has 0 aliphatic carbocycles. The third kappa shape index (κ3) is 5.48. The first kappa shape index (κ1) is 13.7. The van der Waals surface area contributed by atoms with Crippen LogP contribution in [0.25, 0.3) is 0 Å². The van der Waals surface area contributed by atoms with Crippen molar-refractivity contribution in [3.63, 3.8) is 0 Å². The first-order valence-corrected chi connectivity index (χ1v) is 6.53. The zero-order chi connectivity index (χ0) is 12.5. The lowest BCUT2D eigenvalue weighted by molar-refractivity contribution is -0.697. The van der Waals surface area contributed by atoms with Crippen molar-refractivity contribution in [1.29, 1.82) is 0 Å². The summed E-state index contributed by atoms with van der Waals surface area (Å²) in [5.74, 6) is -0.359. The summed E-state index contributed by atoms with van der Waals surface area (Å²) < 4.78 is 2.04. The second-order valence-electron chi connectivity index (χ2n) is 4.46. The maximum absolute atomic E-state index is 11.0. The average molecular weight is 235 g/mol. The van der Waals surface area contributed by atoms with Gasteiger partial charge in [0.1, 0.15) is 12.1 Å². The molecule has 0 atom stereocenters. The summed E-state index contributed by atoms with van der Waals surface area (Å²) in [5.41, 5.74) is 5.82. The van der Waals surface area contributed by atoms with Gasteiger partial charge in [-0.05, 0) is 12.5 Å². The Kier molecular flexibility index (Phi) is 6.30. The number of aromatic nitrogens is 1. The molecule has 0 fully saturated rings. The van der Waals surface area contributed by atoms with Gasteiger partial charge in [0.25, 0.3) is 5.91 Å². The van der Waals surface area contributed by atoms with Gasteiger partial charge in [0, 0.05) is 12.5 Å². The molecule has 0 spiro atoms. The molecule has 1 rings (SSSR count). The van der Waals surface area contributed by atoms with Crippen LogP contribution in [0.1, 0.15) is 55.8 Å². The minimum atomic E-state index is -0.359. The standard InChI is InChI=1S/C14H22N2O/c1-2-3-4-5-6-7-10-16-11-8-9-13(12-16)14(15)17/h8-9,11-12H,2-7,10H2,1H3,(H-,15,17)/p+1. The topological polar surface area (TPSA) is 47.0 Å². The van der Waals surface area contributed by atoms with Gasteiger partial charge in [-0.15, -0.1) is 0 Å². The predicted octanol–water partition coefficient (Wildman–Crippen LogP) is 2.43. The van der Waals surface area contributed by atoms with Gasteiger partial charge in [0.05, 0.1) is 0 Å². The van der Waals surface area contributed by atoms with Crippen LogP contribution in [0, 0.1) is 0 Å². The molecule has 0 aliphatic rings. The van der Waals surface area contributed by atoms with Crippen LogP contribution in [-0.4, -0.2) is 5.91 Å². The highest BCUT2D eigenvalue weighted by molar-refractivity contribution is 5.92. The van der Waals surface area contributed by atoms with Crippen LogP contribution in [0.2, 0.25) is 0 Å². The second kappa shape index (κ2) is 7.82. The molecule has 0 bridgehead atoms. The number of aryl methyl sites for hydroxylation is 1. The Morgan fingerprint density at radius 1 is 1.24 bits per heavy atom. The highest BCUT2D eigenvalue weighted by Crippen LogP contribution is 2.04. The molecule has 3 nitrogen and oxygen atoms in total. The Balaban J connectivity index is 2.27. The van der Waals surface area contributed by atoms with Crippen molar-refractivity contribution in [3.8, 4) is 0 Å². The quantitative estimate of drug-likeness (QED) is 0.546. The van der Waals surface area contributed by atoms with E-state index >= 15 is 0 Å². The summed E-state index contributed by atoms with van der Waals surface area (Å²) in [5, 5.41) is 0. The average Bonchev–Trinajstić information content (AvgIpc) is 2.34. The van der Waals surface area contributed by atoms with Crippen LogP contribution >= 0.6 is 0 Å². The van der Waals surface area contributed by atoms with Crippen molar-refractivity contribution < 1.29 is 9.36 Å². The molecule has 1 amide bonds. The third-order valence-electron chi connectivity index (χ3n) is 2.91. The zero-order valence-corrected chi connectivity index (χ0v) is 10.7. The number of carbonyl (C=O) groups is 1. The lowest BCUT2D eigenvalue weighted by Gasteiger charge is -1.99. The van der Waals surface area contributed by atoms with Crippen molar-refractivity contribution in [2.75, 3.05) is 0 Å². The summed E-state index contributed by atoms with van der Waals surface area (Å²) in [6, 6.07) is 3.62. The third-order valence-corrected chi connectivity index (χ3v) is 2.91. The largest absolute Gasteiger partial charge is 0.365 e. The Hall–Kier alpha value is -1.38. The van der Waals surface area contributed by atoms with Crippen molar-refractivity contribution in [1.82, 2.24) is 0 Å². The van der Waals surface area contributed by atoms with E-state index in [1.165, 1.54) is 32.1 Å². The summed E-state index contributed by atoms with van der Waals surface area (Å²) in [6.07, 6.45) is 11.5. The number of amides is 1. The number of pyridine rings is 1. The summed E-state index contributed by atoms with van der Waals surface area (Å²) in [4.78, 5) is 11.0. The van der Waals surface area contributed by atoms with Crippen molar-refractivity contribution in [2.45, 2.75) is 52.0 Å². The van der Waals surface area contributed by atoms with Crippen LogP contribution in [-0.2, 0) is 6.54 Å². The molecule has 1 aromatic rings. The SMILES string of the molecule is CCCCCCCC[n+]1cccc(C(N)=O)c1. The minimum absolute atomic E-state index is 0.359. The van der Waals surface area contributed by atoms with Gasteiger partial charge in [-0.25, -0.2) is 4.57 Å². The maximum atomic E-state index is 11.0. The molecular formula is C14H23N2O+. The second-order valence-corrected chi connectivity index (χ2v) is 4.46. The van der Waals surface area contributed by atoms with E-state index in [2.05, 4.69) is 6.92 Å². The fraction of sp³-hybridized carbons (Fsp3) is 0.571. The highest BCUT2D eigenvalue weighted by Gasteiger charge is 2.06. The Labute approximate surface area is 104 Å². The fourth-order valence-corrected chi connectivity index (χ4v) is 1.88. The van der Waals surface area contributed by atoms with Crippen LogP contribution in [0.15, 0.2) is 24.5 Å². The zero-order valence-electron chi connectivity index (χ0n) is 10.7. The van der Waals surface area contributed by atoms with Gasteiger partial charge in [-0.1, -0.05) is 32.6 Å². The smallest absolute Gasteiger partial charge is 0.254 e. The van der Waals surface area contributed by atoms with E-state index in [1.807, 2.05) is 23.0 Å². The molecule has 0 aromatic carbocycles. The molecule has 1 aromatic heterocycles. The van der Waals surface area contributed by atoms with Gasteiger partial charge in [-0.3, -0.25) is 4.79 Å². The number of nitrogens with zero attached hydrogens (tertiary/aromatic N) is 1. The van der Waals surface area contributed by atoms with Crippen LogP contribution in [0.3, 0.4) is 0 Å². The van der Waals surface area contributed by atoms with Gasteiger partial charge in [0.2, 0.25) is 0 Å². The molecule has 1 heterocycles. The van der Waals surface area contributed by atoms with Crippen LogP contribution in [0.5, 0.6) is 0 Å². The molecule has 0 radical (unpaired) electrons. The van der Waals surface area contributed by atoms with E-state index in [0.717, 1.165) is 13.0 Å². The highest BCUT2D eigenvalue weighted by atomic mass is 16.1. The van der Waals surface area contributed by atoms with Crippen molar-refractivity contribution >= 4 is 5.91 Å². The lowest BCUT2D eigenvalue weighted by Crippen LogP contribution is -2.34. The van der Waals surface area contributed by atoms with Gasteiger partial charge < -0.3 is 5.73 Å². The van der Waals surface area contributed by atoms with E-state index in [4.69, 9.17) is 5.73 Å². The lowest BCUT2D eigenvalue weighted by atomic mass is 10.1. The Morgan fingerprint density at radius 3 is 2.65 bits per heavy atom. The van der Waals surface area contributed by atoms with Crippen LogP contribution in [0.4, 0.5) is 0 Å². The van der Waals surface area contributed by atoms with E-state index in [0.29, 0.717) is 5.56 Å². The normalized spacial score (nSPS) is 10.4. The van der Waals surface area contributed by atoms with Gasteiger partial charge in [-0.2, -0.15) is 0 Å². The van der Waals surface area contributed by atoms with E-state index in [-0.39, 0.29) is 5.91 Å². The monoisotopic (exact) mass is 235 g/mol. The molecule has 0 saturated heterocycles. The number of nitrogens with two attached hydrogens (primary N) is 1. The fourth-order valence-electron chi connectivity index (χ4n) is 1.88. The number of unbranched alkanes of at least 4 members (excludes halogenated alkanes) is 5. The summed E-state index contributed by atoms with van der Waals surface area (Å²) >= 11 is 0. The molecule has 17 heavy (non-hydrogen) atoms. The molecule has 2 N–H and O–H groups in total. The Bertz CT molecular complexity index is 350. The van der Waals surface area contributed by atoms with E-state index in [1.54, 1.807) is 6.07 Å². The molecule has 94 valence electrons. The summed E-state index contributed by atoms with van der Waals surface area (Å²) in [7, 11) is 0. The van der Waals surface area contributed by atoms with E-state index in [9.17, 15) is 4.79 Å². The van der Waals surface area contributed by atoms with Gasteiger partial charge >= 0.3 is 0 Å². The molecular weight excluding hydrogens is 212 g/mol. The summed E-state index contributed by atoms with van der Waals surface area (Å²) in [6.45, 7) is 3.19. The molecule has 0 unspecified atom stereocenters. The van der Waals surface area contributed by atoms with Gasteiger partial charge in [0.15, 0.2) is 12.4 Å². The molecule has 3 heteroatoms. The first-order valence-electron chi connectivity index (χ1n) is 6.53. The molecule has 0 saturated carbocycles. The molecule has 0 aliphatic heterocycles. The number of primary amides is 1. The number of hydrogen-bond donors (Lipinski definition) is 1. The van der Waals surface area contributed by atoms with E-state index < -0.39 is 0 Å². The Morgan fingerprint density at radius 2 is 1.94 bits per heavy atom. The first-order chi connectivity index (χ1) is 8.24. The van der Waals surface area contributed by atoms with Crippen LogP contribution < -0.4 is 10.3 Å². The van der Waals surface area contributed by atoms with Crippen molar-refractivity contribution in [3.05, 3.63) is 30.1 Å². The minimum Gasteiger partial charge on any atom is -0.365 e. The maximum Gasteiger partial charge on any atom is 0.254 e. The number of hydrogen-bond acceptors (Lipinski definition) is 1. The van der Waals surface area contributed by atoms with Crippen molar-refractivity contribution in [2.24, 2.45) is 5.73 Å².